The van der Waals surface area contributed by atoms with E-state index in [0.29, 0.717) is 17.8 Å². The Morgan fingerprint density at radius 3 is 2.42 bits per heavy atom. The van der Waals surface area contributed by atoms with E-state index in [-0.39, 0.29) is 36.2 Å². The van der Waals surface area contributed by atoms with Crippen LogP contribution in [0, 0.1) is 22.0 Å². The summed E-state index contributed by atoms with van der Waals surface area (Å²) in [7, 11) is -2.04. The number of rotatable bonds is 9. The van der Waals surface area contributed by atoms with Gasteiger partial charge in [0.25, 0.3) is 5.69 Å². The third-order valence-corrected chi connectivity index (χ3v) is 10.6. The number of carboxylic acid groups (broad SMARTS) is 1. The van der Waals surface area contributed by atoms with Crippen molar-refractivity contribution in [2.75, 3.05) is 20.3 Å². The molecule has 10 nitrogen and oxygen atoms in total. The molecule has 2 aromatic rings. The molecule has 0 radical (unpaired) electrons. The van der Waals surface area contributed by atoms with Crippen molar-refractivity contribution in [1.29, 1.82) is 0 Å². The first-order chi connectivity index (χ1) is 18.9. The monoisotopic (exact) mass is 570 g/mol. The number of carboxylic acids is 1. The third kappa shape index (κ3) is 5.72. The van der Waals surface area contributed by atoms with Crippen molar-refractivity contribution < 1.29 is 28.4 Å². The molecule has 4 rings (SSSR count). The number of nitrogens with one attached hydrogen (secondary N) is 1. The summed E-state index contributed by atoms with van der Waals surface area (Å²) in [6, 6.07) is 15.2. The summed E-state index contributed by atoms with van der Waals surface area (Å²) >= 11 is 0. The molecule has 11 heteroatoms. The smallest absolute Gasteiger partial charge is 0.359 e. The van der Waals surface area contributed by atoms with Crippen LogP contribution in [0.15, 0.2) is 65.6 Å². The molecule has 0 aliphatic carbocycles. The second kappa shape index (κ2) is 11.8. The highest BCUT2D eigenvalue weighted by atomic mass is 31.2. The lowest BCUT2D eigenvalue weighted by molar-refractivity contribution is -0.385. The Morgan fingerprint density at radius 1 is 1.20 bits per heavy atom. The van der Waals surface area contributed by atoms with E-state index in [0.717, 1.165) is 12.0 Å². The lowest BCUT2D eigenvalue weighted by atomic mass is 9.67. The summed E-state index contributed by atoms with van der Waals surface area (Å²) in [4.78, 5) is 26.3. The molecule has 2 aliphatic heterocycles. The van der Waals surface area contributed by atoms with E-state index >= 15 is 0 Å². The zero-order valence-electron chi connectivity index (χ0n) is 23.5. The van der Waals surface area contributed by atoms with Gasteiger partial charge in [0.05, 0.1) is 29.0 Å². The molecular weight excluding hydrogens is 533 g/mol. The minimum atomic E-state index is -3.96. The number of nitrogens with zero attached hydrogens (tertiary/aromatic N) is 2. The number of benzene rings is 2. The number of aliphatic carboxylic acids is 1. The number of carbonyl (C=O) groups excluding carboxylic acids is 1. The van der Waals surface area contributed by atoms with Gasteiger partial charge in [-0.3, -0.25) is 19.6 Å². The number of likely N-dealkylation sites (N-methyl/N-ethyl adjacent to an activating group) is 1. The predicted octanol–water partition coefficient (Wildman–Crippen LogP) is 4.42. The summed E-state index contributed by atoms with van der Waals surface area (Å²) in [6.07, 6.45) is 0.773. The summed E-state index contributed by atoms with van der Waals surface area (Å²) < 4.78 is 26.0. The zero-order chi connectivity index (χ0) is 29.2. The molecule has 2 aromatic carbocycles. The number of nitro benzene ring substituents is 1. The van der Waals surface area contributed by atoms with Gasteiger partial charge in [-0.15, -0.1) is 0 Å². The molecule has 0 spiro atoms. The van der Waals surface area contributed by atoms with Gasteiger partial charge in [0.1, 0.15) is 0 Å². The molecule has 4 atom stereocenters. The Balaban J connectivity index is 1.86. The Labute approximate surface area is 235 Å². The maximum atomic E-state index is 14.3. The molecule has 1 N–H and O–H groups in total. The molecule has 2 aliphatic rings. The highest BCUT2D eigenvalue weighted by Gasteiger charge is 2.55. The maximum Gasteiger partial charge on any atom is 0.359 e. The second-order valence-electron chi connectivity index (χ2n) is 11.0. The van der Waals surface area contributed by atoms with E-state index in [4.69, 9.17) is 9.05 Å². The molecule has 0 saturated carbocycles. The maximum absolute atomic E-state index is 14.3. The van der Waals surface area contributed by atoms with E-state index in [9.17, 15) is 24.6 Å². The largest absolute Gasteiger partial charge is 0.550 e. The summed E-state index contributed by atoms with van der Waals surface area (Å²) in [6.45, 7) is 8.40. The fraction of sp³-hybridized carbons (Fsp3) is 0.483. The first-order valence-corrected chi connectivity index (χ1v) is 15.0. The lowest BCUT2D eigenvalue weighted by Gasteiger charge is -2.54. The van der Waals surface area contributed by atoms with Crippen LogP contribution in [0.4, 0.5) is 5.69 Å². The summed E-state index contributed by atoms with van der Waals surface area (Å²) in [5, 5.41) is 28.3. The van der Waals surface area contributed by atoms with Crippen LogP contribution in [-0.2, 0) is 25.0 Å². The standard InChI is InChI=1S/C29H38N3O7P/c1-6-21-17-38-40(37,39-18-21)27-19(2)30-29(4,20(3)31(5)16-22-11-8-7-9-12-22)26(28(33)34)25(27)23-13-10-14-24(15-23)32(35)36/h7-15,20-21,25-26,30H,6,16-18H2,1-5H3,(H,33,34)/p-1. The van der Waals surface area contributed by atoms with Crippen LogP contribution in [0.25, 0.3) is 0 Å². The van der Waals surface area contributed by atoms with E-state index in [1.807, 2.05) is 56.1 Å². The van der Waals surface area contributed by atoms with Crippen LogP contribution in [0.1, 0.15) is 51.2 Å². The molecule has 0 bridgehead atoms. The SMILES string of the molecule is CCC1COP(=O)(C2=C(C)NC(C)(C(C)N(C)Cc3ccccc3)C(C(=O)[O-])C2c2cccc([N+](=O)[O-])c2)OC1. The quantitative estimate of drug-likeness (QED) is 0.264. The van der Waals surface area contributed by atoms with Crippen LogP contribution in [0.3, 0.4) is 0 Å². The average Bonchev–Trinajstić information content (AvgIpc) is 2.92. The lowest BCUT2D eigenvalue weighted by Crippen LogP contribution is -2.67. The number of hydrogen-bond donors (Lipinski definition) is 1. The molecular formula is C29H37N3O7P-. The molecule has 0 aromatic heterocycles. The number of hydrogen-bond acceptors (Lipinski definition) is 9. The number of carbonyl (C=O) groups is 1. The van der Waals surface area contributed by atoms with E-state index < -0.39 is 35.9 Å². The van der Waals surface area contributed by atoms with Crippen LogP contribution in [0.2, 0.25) is 0 Å². The minimum absolute atomic E-state index is 0.0599. The van der Waals surface area contributed by atoms with Crippen molar-refractivity contribution in [3.05, 3.63) is 86.8 Å². The fourth-order valence-corrected chi connectivity index (χ4v) is 8.19. The molecule has 0 amide bonds. The second-order valence-corrected chi connectivity index (χ2v) is 13.0. The van der Waals surface area contributed by atoms with Crippen LogP contribution in [0.5, 0.6) is 0 Å². The van der Waals surface area contributed by atoms with Crippen LogP contribution in [-0.4, -0.2) is 47.6 Å². The van der Waals surface area contributed by atoms with Crippen molar-refractivity contribution in [3.63, 3.8) is 0 Å². The van der Waals surface area contributed by atoms with E-state index in [1.54, 1.807) is 19.9 Å². The topological polar surface area (TPSA) is 134 Å². The average molecular weight is 571 g/mol. The summed E-state index contributed by atoms with van der Waals surface area (Å²) in [5.74, 6) is -3.65. The Bertz CT molecular complexity index is 1320. The van der Waals surface area contributed by atoms with Gasteiger partial charge in [0.2, 0.25) is 0 Å². The van der Waals surface area contributed by atoms with Gasteiger partial charge in [-0.25, -0.2) is 0 Å². The highest BCUT2D eigenvalue weighted by molar-refractivity contribution is 7.58. The predicted molar refractivity (Wildman–Crippen MR) is 149 cm³/mol. The van der Waals surface area contributed by atoms with Crippen molar-refractivity contribution in [3.8, 4) is 0 Å². The van der Waals surface area contributed by atoms with Gasteiger partial charge >= 0.3 is 7.60 Å². The number of non-ortho nitro benzene ring substituents is 1. The van der Waals surface area contributed by atoms with Gasteiger partial charge in [-0.2, -0.15) is 0 Å². The third-order valence-electron chi connectivity index (χ3n) is 8.45. The van der Waals surface area contributed by atoms with Crippen LogP contribution >= 0.6 is 7.60 Å². The van der Waals surface area contributed by atoms with Crippen LogP contribution < -0.4 is 10.4 Å². The van der Waals surface area contributed by atoms with Gasteiger partial charge in [0.15, 0.2) is 0 Å². The molecule has 216 valence electrons. The van der Waals surface area contributed by atoms with E-state index in [2.05, 4.69) is 5.32 Å². The molecule has 4 unspecified atom stereocenters. The number of allylic oxidation sites excluding steroid dienone is 2. The first kappa shape index (κ1) is 29.9. The van der Waals surface area contributed by atoms with Gasteiger partial charge in [0, 0.05) is 54.1 Å². The van der Waals surface area contributed by atoms with Crippen molar-refractivity contribution in [1.82, 2.24) is 10.2 Å². The van der Waals surface area contributed by atoms with E-state index in [1.165, 1.54) is 18.2 Å². The zero-order valence-corrected chi connectivity index (χ0v) is 24.4. The normalized spacial score (nSPS) is 29.6. The molecule has 2 heterocycles. The minimum Gasteiger partial charge on any atom is -0.550 e. The highest BCUT2D eigenvalue weighted by Crippen LogP contribution is 2.67. The Kier molecular flexibility index (Phi) is 8.85. The first-order valence-electron chi connectivity index (χ1n) is 13.5. The Hall–Kier alpha value is -3.04. The van der Waals surface area contributed by atoms with Gasteiger partial charge < -0.3 is 24.3 Å². The number of nitro groups is 1. The van der Waals surface area contributed by atoms with Gasteiger partial charge in [-0.1, -0.05) is 49.4 Å². The Morgan fingerprint density at radius 2 is 1.85 bits per heavy atom. The van der Waals surface area contributed by atoms with Crippen molar-refractivity contribution in [2.24, 2.45) is 11.8 Å². The fourth-order valence-electron chi connectivity index (χ4n) is 5.92. The molecule has 1 saturated heterocycles. The molecule has 1 fully saturated rings. The molecule has 40 heavy (non-hydrogen) atoms. The van der Waals surface area contributed by atoms with Gasteiger partial charge in [-0.05, 0) is 45.4 Å². The summed E-state index contributed by atoms with van der Waals surface area (Å²) in [5.41, 5.74) is 0.531. The van der Waals surface area contributed by atoms with Crippen molar-refractivity contribution >= 4 is 19.3 Å². The van der Waals surface area contributed by atoms with Crippen molar-refractivity contribution in [2.45, 2.75) is 58.2 Å².